The Morgan fingerprint density at radius 2 is 1.88 bits per heavy atom. The molecule has 0 saturated carbocycles. The van der Waals surface area contributed by atoms with Crippen LogP contribution in [0, 0.1) is 0 Å². The number of nitrogens with one attached hydrogen (secondary N) is 1. The lowest BCUT2D eigenvalue weighted by molar-refractivity contribution is -0.122. The number of thiocarbonyl (C=S) groups is 1. The SMILES string of the molecule is O=C1NC(=S)N(c2cccc(Cl)c2)C(=O)C1=Cc1ccc(-c2cc(C(=O)O)ccc2Cl)o1. The van der Waals surface area contributed by atoms with Crippen molar-refractivity contribution in [2.75, 3.05) is 4.90 Å². The Morgan fingerprint density at radius 1 is 1.09 bits per heavy atom. The van der Waals surface area contributed by atoms with Crippen LogP contribution in [0.4, 0.5) is 5.69 Å². The van der Waals surface area contributed by atoms with Crippen LogP contribution in [0.3, 0.4) is 0 Å². The summed E-state index contributed by atoms with van der Waals surface area (Å²) in [4.78, 5) is 37.9. The minimum atomic E-state index is -1.11. The minimum absolute atomic E-state index is 0.0354. The van der Waals surface area contributed by atoms with Crippen LogP contribution in [0.25, 0.3) is 17.4 Å². The molecule has 0 atom stereocenters. The number of carbonyl (C=O) groups is 3. The van der Waals surface area contributed by atoms with Gasteiger partial charge in [0.25, 0.3) is 11.8 Å². The van der Waals surface area contributed by atoms with Crippen LogP contribution in [-0.4, -0.2) is 28.0 Å². The van der Waals surface area contributed by atoms with Gasteiger partial charge in [0.15, 0.2) is 5.11 Å². The standard InChI is InChI=1S/C22H12Cl2N2O5S/c23-12-2-1-3-13(9-12)26-20(28)16(19(27)25-22(26)32)10-14-5-7-18(31-14)15-8-11(21(29)30)4-6-17(15)24/h1-10H,(H,29,30)(H,25,27,32). The summed E-state index contributed by atoms with van der Waals surface area (Å²) in [7, 11) is 0. The van der Waals surface area contributed by atoms with Crippen molar-refractivity contribution in [3.8, 4) is 11.3 Å². The number of carboxylic acid groups (broad SMARTS) is 1. The smallest absolute Gasteiger partial charge is 0.335 e. The lowest BCUT2D eigenvalue weighted by atomic mass is 10.1. The normalized spacial score (nSPS) is 15.2. The van der Waals surface area contributed by atoms with Crippen molar-refractivity contribution in [1.82, 2.24) is 5.32 Å². The summed E-state index contributed by atoms with van der Waals surface area (Å²) in [5, 5.41) is 12.3. The van der Waals surface area contributed by atoms with Crippen molar-refractivity contribution in [3.05, 3.63) is 81.5 Å². The Labute approximate surface area is 196 Å². The summed E-state index contributed by atoms with van der Waals surface area (Å²) < 4.78 is 5.71. The maximum Gasteiger partial charge on any atom is 0.335 e. The molecule has 2 N–H and O–H groups in total. The third-order valence-corrected chi connectivity index (χ3v) is 5.41. The number of rotatable bonds is 4. The predicted octanol–water partition coefficient (Wildman–Crippen LogP) is 4.78. The fraction of sp³-hybridized carbons (Fsp3) is 0. The number of halogens is 2. The van der Waals surface area contributed by atoms with Crippen molar-refractivity contribution in [2.45, 2.75) is 0 Å². The van der Waals surface area contributed by atoms with Crippen molar-refractivity contribution in [3.63, 3.8) is 0 Å². The van der Waals surface area contributed by atoms with Crippen LogP contribution in [0.15, 0.2) is 64.6 Å². The second-order valence-electron chi connectivity index (χ2n) is 6.64. The van der Waals surface area contributed by atoms with Crippen LogP contribution in [0.5, 0.6) is 0 Å². The van der Waals surface area contributed by atoms with Gasteiger partial charge in [-0.05, 0) is 66.8 Å². The highest BCUT2D eigenvalue weighted by atomic mass is 35.5. The first-order chi connectivity index (χ1) is 15.2. The van der Waals surface area contributed by atoms with E-state index < -0.39 is 17.8 Å². The number of hydrogen-bond acceptors (Lipinski definition) is 5. The number of carboxylic acids is 1. The summed E-state index contributed by atoms with van der Waals surface area (Å²) in [6.45, 7) is 0. The van der Waals surface area contributed by atoms with E-state index in [4.69, 9.17) is 39.8 Å². The molecule has 0 bridgehead atoms. The molecule has 1 aromatic heterocycles. The molecule has 0 unspecified atom stereocenters. The van der Waals surface area contributed by atoms with Gasteiger partial charge in [-0.2, -0.15) is 0 Å². The molecule has 7 nitrogen and oxygen atoms in total. The van der Waals surface area contributed by atoms with E-state index >= 15 is 0 Å². The zero-order valence-electron chi connectivity index (χ0n) is 16.0. The van der Waals surface area contributed by atoms with E-state index in [9.17, 15) is 19.5 Å². The van der Waals surface area contributed by atoms with Gasteiger partial charge in [0.2, 0.25) is 0 Å². The number of hydrogen-bond donors (Lipinski definition) is 2. The number of carbonyl (C=O) groups excluding carboxylic acids is 2. The summed E-state index contributed by atoms with van der Waals surface area (Å²) in [6, 6.07) is 13.8. The number of nitrogens with zero attached hydrogens (tertiary/aromatic N) is 1. The van der Waals surface area contributed by atoms with Crippen molar-refractivity contribution >= 4 is 70.1 Å². The van der Waals surface area contributed by atoms with E-state index in [2.05, 4.69) is 5.32 Å². The molecule has 0 spiro atoms. The van der Waals surface area contributed by atoms with Gasteiger partial charge in [-0.1, -0.05) is 29.3 Å². The summed E-state index contributed by atoms with van der Waals surface area (Å²) >= 11 is 17.3. The van der Waals surface area contributed by atoms with E-state index in [0.29, 0.717) is 16.3 Å². The minimum Gasteiger partial charge on any atom is -0.478 e. The topological polar surface area (TPSA) is 99.9 Å². The van der Waals surface area contributed by atoms with E-state index in [0.717, 1.165) is 4.90 Å². The molecule has 1 saturated heterocycles. The quantitative estimate of drug-likeness (QED) is 0.312. The maximum atomic E-state index is 13.1. The first kappa shape index (κ1) is 21.8. The van der Waals surface area contributed by atoms with E-state index in [1.807, 2.05) is 0 Å². The van der Waals surface area contributed by atoms with Gasteiger partial charge in [0, 0.05) is 10.6 Å². The first-order valence-electron chi connectivity index (χ1n) is 9.04. The average Bonchev–Trinajstić information content (AvgIpc) is 3.19. The fourth-order valence-corrected chi connectivity index (χ4v) is 3.75. The molecule has 0 aliphatic carbocycles. The summed E-state index contributed by atoms with van der Waals surface area (Å²) in [6.07, 6.45) is 1.27. The fourth-order valence-electron chi connectivity index (χ4n) is 3.07. The second-order valence-corrected chi connectivity index (χ2v) is 7.87. The molecule has 1 aliphatic rings. The lowest BCUT2D eigenvalue weighted by Gasteiger charge is -2.28. The summed E-state index contributed by atoms with van der Waals surface area (Å²) in [5.74, 6) is -1.98. The van der Waals surface area contributed by atoms with Crippen LogP contribution in [-0.2, 0) is 9.59 Å². The Bertz CT molecular complexity index is 1330. The van der Waals surface area contributed by atoms with Gasteiger partial charge in [-0.3, -0.25) is 19.8 Å². The van der Waals surface area contributed by atoms with Crippen LogP contribution < -0.4 is 10.2 Å². The average molecular weight is 487 g/mol. The molecule has 160 valence electrons. The largest absolute Gasteiger partial charge is 0.478 e. The lowest BCUT2D eigenvalue weighted by Crippen LogP contribution is -2.54. The highest BCUT2D eigenvalue weighted by Crippen LogP contribution is 2.32. The predicted molar refractivity (Wildman–Crippen MR) is 124 cm³/mol. The molecule has 1 aliphatic heterocycles. The van der Waals surface area contributed by atoms with Gasteiger partial charge in [0.05, 0.1) is 16.3 Å². The number of furan rings is 1. The molecular weight excluding hydrogens is 475 g/mol. The van der Waals surface area contributed by atoms with Crippen molar-refractivity contribution in [2.24, 2.45) is 0 Å². The monoisotopic (exact) mass is 486 g/mol. The molecule has 1 fully saturated rings. The Balaban J connectivity index is 1.70. The summed E-state index contributed by atoms with van der Waals surface area (Å²) in [5.41, 5.74) is 0.589. The van der Waals surface area contributed by atoms with E-state index in [1.165, 1.54) is 30.3 Å². The molecule has 2 heterocycles. The Kier molecular flexibility index (Phi) is 5.84. The molecule has 10 heteroatoms. The molecule has 2 aromatic carbocycles. The first-order valence-corrected chi connectivity index (χ1v) is 10.2. The molecule has 0 radical (unpaired) electrons. The van der Waals surface area contributed by atoms with Gasteiger partial charge < -0.3 is 9.52 Å². The number of anilines is 1. The zero-order valence-corrected chi connectivity index (χ0v) is 18.3. The van der Waals surface area contributed by atoms with Gasteiger partial charge in [-0.25, -0.2) is 4.79 Å². The van der Waals surface area contributed by atoms with Gasteiger partial charge in [0.1, 0.15) is 17.1 Å². The molecule has 32 heavy (non-hydrogen) atoms. The third kappa shape index (κ3) is 4.16. The third-order valence-electron chi connectivity index (χ3n) is 4.56. The maximum absolute atomic E-state index is 13.1. The Hall–Kier alpha value is -3.46. The number of benzene rings is 2. The van der Waals surface area contributed by atoms with Crippen molar-refractivity contribution in [1.29, 1.82) is 0 Å². The molecular formula is C22H12Cl2N2O5S. The van der Waals surface area contributed by atoms with Gasteiger partial charge >= 0.3 is 5.97 Å². The van der Waals surface area contributed by atoms with Crippen LogP contribution in [0.1, 0.15) is 16.1 Å². The van der Waals surface area contributed by atoms with E-state index in [1.54, 1.807) is 30.3 Å². The Morgan fingerprint density at radius 3 is 2.59 bits per heavy atom. The van der Waals surface area contributed by atoms with Crippen LogP contribution in [0.2, 0.25) is 10.0 Å². The molecule has 3 aromatic rings. The van der Waals surface area contributed by atoms with E-state index in [-0.39, 0.29) is 32.8 Å². The molecule has 4 rings (SSSR count). The highest BCUT2D eigenvalue weighted by molar-refractivity contribution is 7.80. The number of aromatic carboxylic acids is 1. The van der Waals surface area contributed by atoms with Gasteiger partial charge in [-0.15, -0.1) is 0 Å². The molecule has 2 amide bonds. The number of amides is 2. The van der Waals surface area contributed by atoms with Crippen molar-refractivity contribution < 1.29 is 23.9 Å². The zero-order chi connectivity index (χ0) is 23.0. The highest BCUT2D eigenvalue weighted by Gasteiger charge is 2.34. The van der Waals surface area contributed by atoms with Crippen LogP contribution >= 0.6 is 35.4 Å². The second kappa shape index (κ2) is 8.58.